The summed E-state index contributed by atoms with van der Waals surface area (Å²) in [4.78, 5) is 37.6. The first-order valence-corrected chi connectivity index (χ1v) is 9.20. The molecule has 7 heteroatoms. The van der Waals surface area contributed by atoms with Crippen molar-refractivity contribution in [3.8, 4) is 0 Å². The normalized spacial score (nSPS) is 21.5. The molecular formula is C18H24N2O4S. The van der Waals surface area contributed by atoms with Crippen molar-refractivity contribution in [2.24, 2.45) is 11.8 Å². The molecule has 1 aromatic rings. The number of likely N-dealkylation sites (tertiary alicyclic amines) is 1. The summed E-state index contributed by atoms with van der Waals surface area (Å²) in [5, 5.41) is 11.6. The summed E-state index contributed by atoms with van der Waals surface area (Å²) in [5.41, 5.74) is 0.713. The fourth-order valence-corrected chi connectivity index (χ4v) is 3.99. The van der Waals surface area contributed by atoms with Gasteiger partial charge in [-0.05, 0) is 43.5 Å². The molecule has 25 heavy (non-hydrogen) atoms. The van der Waals surface area contributed by atoms with Crippen LogP contribution in [0.15, 0.2) is 29.2 Å². The molecule has 3 atom stereocenters. The Hall–Kier alpha value is -2.02. The lowest BCUT2D eigenvalue weighted by molar-refractivity contribution is -0.146. The number of hydrogen-bond acceptors (Lipinski definition) is 4. The first-order chi connectivity index (χ1) is 11.8. The van der Waals surface area contributed by atoms with E-state index in [0.29, 0.717) is 18.7 Å². The van der Waals surface area contributed by atoms with Crippen LogP contribution in [0.25, 0.3) is 0 Å². The van der Waals surface area contributed by atoms with Gasteiger partial charge in [-0.25, -0.2) is 0 Å². The number of benzene rings is 1. The minimum absolute atomic E-state index is 0.0336. The van der Waals surface area contributed by atoms with E-state index in [1.54, 1.807) is 17.0 Å². The molecule has 0 radical (unpaired) electrons. The maximum Gasteiger partial charge on any atom is 0.308 e. The predicted octanol–water partition coefficient (Wildman–Crippen LogP) is 2.69. The van der Waals surface area contributed by atoms with Gasteiger partial charge in [0.05, 0.1) is 11.2 Å². The Morgan fingerprint density at radius 3 is 2.44 bits per heavy atom. The molecule has 1 aromatic carbocycles. The van der Waals surface area contributed by atoms with Crippen LogP contribution in [0.2, 0.25) is 0 Å². The lowest BCUT2D eigenvalue weighted by atomic mass is 9.90. The highest BCUT2D eigenvalue weighted by atomic mass is 32.2. The van der Waals surface area contributed by atoms with Gasteiger partial charge in [0, 0.05) is 30.6 Å². The number of hydrogen-bond donors (Lipinski definition) is 2. The van der Waals surface area contributed by atoms with Crippen molar-refractivity contribution >= 4 is 35.2 Å². The largest absolute Gasteiger partial charge is 0.481 e. The van der Waals surface area contributed by atoms with Crippen LogP contribution in [0.3, 0.4) is 0 Å². The van der Waals surface area contributed by atoms with Gasteiger partial charge in [0.2, 0.25) is 11.8 Å². The third kappa shape index (κ3) is 5.49. The van der Waals surface area contributed by atoms with E-state index >= 15 is 0 Å². The predicted molar refractivity (Wildman–Crippen MR) is 97.6 cm³/mol. The van der Waals surface area contributed by atoms with E-state index in [2.05, 4.69) is 5.32 Å². The van der Waals surface area contributed by atoms with Gasteiger partial charge in [0.15, 0.2) is 0 Å². The summed E-state index contributed by atoms with van der Waals surface area (Å²) in [7, 11) is 0. The third-order valence-corrected chi connectivity index (χ3v) is 5.26. The van der Waals surface area contributed by atoms with Gasteiger partial charge >= 0.3 is 5.97 Å². The Balaban J connectivity index is 1.97. The summed E-state index contributed by atoms with van der Waals surface area (Å²) in [6, 6.07) is 7.31. The van der Waals surface area contributed by atoms with Gasteiger partial charge in [0.25, 0.3) is 0 Å². The van der Waals surface area contributed by atoms with Crippen LogP contribution in [0.5, 0.6) is 0 Å². The molecule has 1 saturated heterocycles. The van der Waals surface area contributed by atoms with Crippen molar-refractivity contribution in [3.05, 3.63) is 24.3 Å². The number of carbonyl (C=O) groups excluding carboxylic acids is 2. The fourth-order valence-electron chi connectivity index (χ4n) is 3.04. The van der Waals surface area contributed by atoms with E-state index in [-0.39, 0.29) is 29.5 Å². The number of amides is 2. The molecule has 1 fully saturated rings. The van der Waals surface area contributed by atoms with Crippen molar-refractivity contribution in [1.29, 1.82) is 0 Å². The van der Waals surface area contributed by atoms with Crippen molar-refractivity contribution in [1.82, 2.24) is 4.90 Å². The highest BCUT2D eigenvalue weighted by Crippen LogP contribution is 2.28. The van der Waals surface area contributed by atoms with Gasteiger partial charge in [-0.2, -0.15) is 0 Å². The number of thioether (sulfide) groups is 1. The summed E-state index contributed by atoms with van der Waals surface area (Å²) in [6.07, 6.45) is 0.616. The van der Waals surface area contributed by atoms with E-state index in [1.807, 2.05) is 26.0 Å². The van der Waals surface area contributed by atoms with E-state index in [1.165, 1.54) is 18.7 Å². The number of carboxylic acids is 1. The third-order valence-electron chi connectivity index (χ3n) is 4.16. The minimum Gasteiger partial charge on any atom is -0.481 e. The Morgan fingerprint density at radius 1 is 1.24 bits per heavy atom. The maximum absolute atomic E-state index is 12.7. The van der Waals surface area contributed by atoms with Crippen LogP contribution in [0, 0.1) is 11.8 Å². The van der Waals surface area contributed by atoms with E-state index in [0.717, 1.165) is 4.90 Å². The molecule has 0 saturated carbocycles. The van der Waals surface area contributed by atoms with Crippen LogP contribution >= 0.6 is 11.8 Å². The average Bonchev–Trinajstić information content (AvgIpc) is 2.54. The molecule has 6 nitrogen and oxygen atoms in total. The average molecular weight is 364 g/mol. The van der Waals surface area contributed by atoms with E-state index in [4.69, 9.17) is 0 Å². The number of nitrogens with zero attached hydrogens (tertiary/aromatic N) is 1. The van der Waals surface area contributed by atoms with Gasteiger partial charge < -0.3 is 15.3 Å². The lowest BCUT2D eigenvalue weighted by Crippen LogP contribution is -2.48. The van der Waals surface area contributed by atoms with Crippen LogP contribution in [0.1, 0.15) is 27.2 Å². The zero-order valence-electron chi connectivity index (χ0n) is 14.7. The molecule has 1 heterocycles. The van der Waals surface area contributed by atoms with Crippen molar-refractivity contribution in [2.75, 3.05) is 18.4 Å². The first kappa shape index (κ1) is 19.3. The highest BCUT2D eigenvalue weighted by molar-refractivity contribution is 8.00. The fraction of sp³-hybridized carbons (Fsp3) is 0.500. The molecule has 2 N–H and O–H groups in total. The molecule has 2 amide bonds. The Kier molecular flexibility index (Phi) is 6.47. The summed E-state index contributed by atoms with van der Waals surface area (Å²) in [5.74, 6) is -1.29. The van der Waals surface area contributed by atoms with E-state index < -0.39 is 11.9 Å². The van der Waals surface area contributed by atoms with Gasteiger partial charge in [-0.3, -0.25) is 14.4 Å². The van der Waals surface area contributed by atoms with Crippen LogP contribution < -0.4 is 5.32 Å². The molecule has 0 aromatic heterocycles. The first-order valence-electron chi connectivity index (χ1n) is 8.32. The molecule has 0 bridgehead atoms. The van der Waals surface area contributed by atoms with Crippen LogP contribution in [0.4, 0.5) is 5.69 Å². The molecule has 0 spiro atoms. The van der Waals surface area contributed by atoms with E-state index in [9.17, 15) is 19.5 Å². The molecule has 1 aliphatic heterocycles. The molecule has 136 valence electrons. The smallest absolute Gasteiger partial charge is 0.308 e. The van der Waals surface area contributed by atoms with Gasteiger partial charge in [-0.1, -0.05) is 6.92 Å². The number of piperidine rings is 1. The Labute approximate surface area is 152 Å². The summed E-state index contributed by atoms with van der Waals surface area (Å²) >= 11 is 1.43. The zero-order chi connectivity index (χ0) is 18.6. The monoisotopic (exact) mass is 364 g/mol. The highest BCUT2D eigenvalue weighted by Gasteiger charge is 2.33. The molecular weight excluding hydrogens is 340 g/mol. The van der Waals surface area contributed by atoms with Crippen molar-refractivity contribution in [2.45, 2.75) is 37.3 Å². The quantitative estimate of drug-likeness (QED) is 0.785. The van der Waals surface area contributed by atoms with Crippen LogP contribution in [-0.4, -0.2) is 46.1 Å². The standard InChI is InChI=1S/C18H24N2O4S/c1-11-8-14(18(23)24)10-20(9-11)17(22)12(2)25-16-6-4-15(5-7-16)19-13(3)21/h4-7,11-12,14H,8-10H2,1-3H3,(H,19,21)(H,23,24). The zero-order valence-corrected chi connectivity index (χ0v) is 15.5. The SMILES string of the molecule is CC(=O)Nc1ccc(SC(C)C(=O)N2CC(C)CC(C(=O)O)C2)cc1. The summed E-state index contributed by atoms with van der Waals surface area (Å²) in [6.45, 7) is 6.16. The molecule has 2 rings (SSSR count). The second-order valence-electron chi connectivity index (χ2n) is 6.58. The van der Waals surface area contributed by atoms with Crippen molar-refractivity contribution in [3.63, 3.8) is 0 Å². The topological polar surface area (TPSA) is 86.7 Å². The lowest BCUT2D eigenvalue weighted by Gasteiger charge is -2.36. The van der Waals surface area contributed by atoms with Gasteiger partial charge in [-0.15, -0.1) is 11.8 Å². The molecule has 1 aliphatic rings. The summed E-state index contributed by atoms with van der Waals surface area (Å²) < 4.78 is 0. The second kappa shape index (κ2) is 8.38. The molecule has 0 aliphatic carbocycles. The van der Waals surface area contributed by atoms with Crippen LogP contribution in [-0.2, 0) is 14.4 Å². The number of carbonyl (C=O) groups is 3. The van der Waals surface area contributed by atoms with Crippen molar-refractivity contribution < 1.29 is 19.5 Å². The number of carboxylic acid groups (broad SMARTS) is 1. The minimum atomic E-state index is -0.835. The number of anilines is 1. The Bertz CT molecular complexity index is 647. The number of aliphatic carboxylic acids is 1. The molecule has 3 unspecified atom stereocenters. The Morgan fingerprint density at radius 2 is 1.88 bits per heavy atom. The number of rotatable bonds is 5. The second-order valence-corrected chi connectivity index (χ2v) is 8.00. The maximum atomic E-state index is 12.7. The van der Waals surface area contributed by atoms with Gasteiger partial charge in [0.1, 0.15) is 0 Å². The number of nitrogens with one attached hydrogen (secondary N) is 1.